The highest BCUT2D eigenvalue weighted by atomic mass is 35.5. The van der Waals surface area contributed by atoms with Crippen molar-refractivity contribution >= 4 is 17.5 Å². The van der Waals surface area contributed by atoms with Crippen molar-refractivity contribution in [3.63, 3.8) is 0 Å². The van der Waals surface area contributed by atoms with E-state index in [-0.39, 0.29) is 10.6 Å². The number of benzene rings is 1. The maximum absolute atomic E-state index is 13.9. The number of piperidine rings is 1. The van der Waals surface area contributed by atoms with E-state index in [4.69, 9.17) is 17.3 Å². The second kappa shape index (κ2) is 4.63. The monoisotopic (exact) mass is 256 g/mol. The number of carbonyl (C=O) groups excluding carboxylic acids is 1. The lowest BCUT2D eigenvalue weighted by Gasteiger charge is -2.35. The molecule has 0 spiro atoms. The Labute approximate surface area is 104 Å². The maximum Gasteiger partial charge on any atom is 0.228 e. The van der Waals surface area contributed by atoms with Crippen LogP contribution in [-0.2, 0) is 10.2 Å². The van der Waals surface area contributed by atoms with E-state index in [1.807, 2.05) is 0 Å². The molecular weight excluding hydrogens is 243 g/mol. The molecule has 0 saturated carbocycles. The van der Waals surface area contributed by atoms with Crippen molar-refractivity contribution in [3.05, 3.63) is 34.6 Å². The van der Waals surface area contributed by atoms with Gasteiger partial charge >= 0.3 is 0 Å². The standard InChI is InChI=1S/C12H14ClFN2O/c13-8-2-1-3-9(14)10(8)12(11(15)17)4-6-16-7-5-12/h1-3,16H,4-7H2,(H2,15,17). The Kier molecular flexibility index (Phi) is 3.35. The number of amides is 1. The predicted octanol–water partition coefficient (Wildman–Crippen LogP) is 1.59. The molecule has 0 bridgehead atoms. The predicted molar refractivity (Wildman–Crippen MR) is 64.4 cm³/mol. The molecule has 0 aliphatic carbocycles. The summed E-state index contributed by atoms with van der Waals surface area (Å²) in [6, 6.07) is 4.43. The number of carbonyl (C=O) groups is 1. The molecule has 1 aliphatic rings. The van der Waals surface area contributed by atoms with Crippen LogP contribution in [0, 0.1) is 5.82 Å². The fourth-order valence-corrected chi connectivity index (χ4v) is 2.77. The van der Waals surface area contributed by atoms with E-state index in [0.29, 0.717) is 25.9 Å². The normalized spacial score (nSPS) is 18.9. The SMILES string of the molecule is NC(=O)C1(c2c(F)cccc2Cl)CCNCC1. The molecule has 2 rings (SSSR count). The van der Waals surface area contributed by atoms with Gasteiger partial charge in [-0.2, -0.15) is 0 Å². The highest BCUT2D eigenvalue weighted by Gasteiger charge is 2.42. The second-order valence-electron chi connectivity index (χ2n) is 4.29. The molecule has 0 atom stereocenters. The fourth-order valence-electron chi connectivity index (χ4n) is 2.43. The summed E-state index contributed by atoms with van der Waals surface area (Å²) in [5.74, 6) is -0.968. The third kappa shape index (κ3) is 2.03. The van der Waals surface area contributed by atoms with Gasteiger partial charge in [0, 0.05) is 10.6 Å². The summed E-state index contributed by atoms with van der Waals surface area (Å²) in [4.78, 5) is 11.8. The molecule has 1 amide bonds. The zero-order chi connectivity index (χ0) is 12.5. The first-order valence-corrected chi connectivity index (χ1v) is 5.91. The van der Waals surface area contributed by atoms with Gasteiger partial charge in [0.05, 0.1) is 5.41 Å². The van der Waals surface area contributed by atoms with Crippen LogP contribution >= 0.6 is 11.6 Å². The van der Waals surface area contributed by atoms with Gasteiger partial charge in [0.2, 0.25) is 5.91 Å². The Morgan fingerprint density at radius 1 is 1.41 bits per heavy atom. The lowest BCUT2D eigenvalue weighted by Crippen LogP contribution is -2.49. The molecule has 92 valence electrons. The minimum Gasteiger partial charge on any atom is -0.369 e. The summed E-state index contributed by atoms with van der Waals surface area (Å²) in [5, 5.41) is 3.40. The van der Waals surface area contributed by atoms with Gasteiger partial charge < -0.3 is 11.1 Å². The van der Waals surface area contributed by atoms with Crippen molar-refractivity contribution in [2.45, 2.75) is 18.3 Å². The fraction of sp³-hybridized carbons (Fsp3) is 0.417. The number of hydrogen-bond donors (Lipinski definition) is 2. The molecular formula is C12H14ClFN2O. The zero-order valence-electron chi connectivity index (χ0n) is 9.30. The minimum absolute atomic E-state index is 0.246. The average Bonchev–Trinajstić information content (AvgIpc) is 2.29. The quantitative estimate of drug-likeness (QED) is 0.844. The minimum atomic E-state index is -0.978. The van der Waals surface area contributed by atoms with Crippen LogP contribution in [0.1, 0.15) is 18.4 Å². The van der Waals surface area contributed by atoms with E-state index in [1.165, 1.54) is 12.1 Å². The number of rotatable bonds is 2. The highest BCUT2D eigenvalue weighted by Crippen LogP contribution is 2.38. The molecule has 3 N–H and O–H groups in total. The molecule has 1 saturated heterocycles. The van der Waals surface area contributed by atoms with E-state index in [2.05, 4.69) is 5.32 Å². The van der Waals surface area contributed by atoms with Gasteiger partial charge in [-0.15, -0.1) is 0 Å². The molecule has 3 nitrogen and oxygen atoms in total. The van der Waals surface area contributed by atoms with E-state index >= 15 is 0 Å². The van der Waals surface area contributed by atoms with Gasteiger partial charge in [0.1, 0.15) is 5.82 Å². The zero-order valence-corrected chi connectivity index (χ0v) is 10.1. The van der Waals surface area contributed by atoms with Crippen LogP contribution in [0.25, 0.3) is 0 Å². The Bertz CT molecular complexity index is 424. The maximum atomic E-state index is 13.9. The van der Waals surface area contributed by atoms with Crippen LogP contribution < -0.4 is 11.1 Å². The Hall–Kier alpha value is -1.13. The van der Waals surface area contributed by atoms with Gasteiger partial charge in [-0.25, -0.2) is 4.39 Å². The Morgan fingerprint density at radius 2 is 2.06 bits per heavy atom. The molecule has 0 radical (unpaired) electrons. The Balaban J connectivity index is 2.56. The smallest absolute Gasteiger partial charge is 0.228 e. The Morgan fingerprint density at radius 3 is 2.59 bits per heavy atom. The summed E-state index contributed by atoms with van der Waals surface area (Å²) in [6.07, 6.45) is 0.950. The summed E-state index contributed by atoms with van der Waals surface area (Å²) in [5.41, 5.74) is 4.75. The molecule has 1 aromatic rings. The van der Waals surface area contributed by atoms with Gasteiger partial charge in [-0.05, 0) is 38.1 Å². The third-order valence-corrected chi connectivity index (χ3v) is 3.69. The van der Waals surface area contributed by atoms with Gasteiger partial charge in [-0.1, -0.05) is 17.7 Å². The second-order valence-corrected chi connectivity index (χ2v) is 4.70. The number of nitrogens with one attached hydrogen (secondary N) is 1. The number of nitrogens with two attached hydrogens (primary N) is 1. The van der Waals surface area contributed by atoms with E-state index in [0.717, 1.165) is 0 Å². The van der Waals surface area contributed by atoms with Crippen LogP contribution in [0.5, 0.6) is 0 Å². The summed E-state index contributed by atoms with van der Waals surface area (Å²) in [7, 11) is 0. The van der Waals surface area contributed by atoms with E-state index < -0.39 is 17.1 Å². The first-order valence-electron chi connectivity index (χ1n) is 5.53. The van der Waals surface area contributed by atoms with E-state index in [1.54, 1.807) is 6.07 Å². The van der Waals surface area contributed by atoms with Crippen molar-refractivity contribution in [1.82, 2.24) is 5.32 Å². The number of primary amides is 1. The van der Waals surface area contributed by atoms with Crippen molar-refractivity contribution in [1.29, 1.82) is 0 Å². The van der Waals surface area contributed by atoms with Crippen molar-refractivity contribution in [2.24, 2.45) is 5.73 Å². The molecule has 0 aromatic heterocycles. The van der Waals surface area contributed by atoms with Crippen LogP contribution in [0.4, 0.5) is 4.39 Å². The van der Waals surface area contributed by atoms with Gasteiger partial charge in [0.25, 0.3) is 0 Å². The van der Waals surface area contributed by atoms with Crippen LogP contribution in [0.15, 0.2) is 18.2 Å². The van der Waals surface area contributed by atoms with Gasteiger partial charge in [0.15, 0.2) is 0 Å². The molecule has 5 heteroatoms. The summed E-state index contributed by atoms with van der Waals surface area (Å²) >= 11 is 6.03. The molecule has 0 unspecified atom stereocenters. The lowest BCUT2D eigenvalue weighted by molar-refractivity contribution is -0.124. The number of halogens is 2. The largest absolute Gasteiger partial charge is 0.369 e. The average molecular weight is 257 g/mol. The summed E-state index contributed by atoms with van der Waals surface area (Å²) in [6.45, 7) is 1.27. The lowest BCUT2D eigenvalue weighted by atomic mass is 9.72. The molecule has 1 aliphatic heterocycles. The van der Waals surface area contributed by atoms with Crippen molar-refractivity contribution in [3.8, 4) is 0 Å². The van der Waals surface area contributed by atoms with Crippen LogP contribution in [0.3, 0.4) is 0 Å². The van der Waals surface area contributed by atoms with Crippen molar-refractivity contribution in [2.75, 3.05) is 13.1 Å². The first kappa shape index (κ1) is 12.3. The van der Waals surface area contributed by atoms with Crippen LogP contribution in [0.2, 0.25) is 5.02 Å². The molecule has 17 heavy (non-hydrogen) atoms. The van der Waals surface area contributed by atoms with Crippen molar-refractivity contribution < 1.29 is 9.18 Å². The topological polar surface area (TPSA) is 55.1 Å². The summed E-state index contributed by atoms with van der Waals surface area (Å²) < 4.78 is 13.9. The highest BCUT2D eigenvalue weighted by molar-refractivity contribution is 6.31. The van der Waals surface area contributed by atoms with Gasteiger partial charge in [-0.3, -0.25) is 4.79 Å². The molecule has 1 fully saturated rings. The van der Waals surface area contributed by atoms with E-state index in [9.17, 15) is 9.18 Å². The molecule has 1 heterocycles. The van der Waals surface area contributed by atoms with Crippen LogP contribution in [-0.4, -0.2) is 19.0 Å². The first-order chi connectivity index (χ1) is 8.08. The third-order valence-electron chi connectivity index (χ3n) is 3.37. The molecule has 1 aromatic carbocycles. The number of hydrogen-bond acceptors (Lipinski definition) is 2.